The third-order valence-corrected chi connectivity index (χ3v) is 3.51. The van der Waals surface area contributed by atoms with Crippen molar-refractivity contribution < 1.29 is 0 Å². The Morgan fingerprint density at radius 2 is 2.11 bits per heavy atom. The molecule has 3 nitrogen and oxygen atoms in total. The number of hydrogen-bond acceptors (Lipinski definition) is 2. The summed E-state index contributed by atoms with van der Waals surface area (Å²) in [6.45, 7) is 1.67. The van der Waals surface area contributed by atoms with E-state index in [4.69, 9.17) is 11.6 Å². The van der Waals surface area contributed by atoms with Gasteiger partial charge in [0.2, 0.25) is 0 Å². The van der Waals surface area contributed by atoms with Crippen LogP contribution in [-0.4, -0.2) is 43.5 Å². The first-order chi connectivity index (χ1) is 8.69. The Morgan fingerprint density at radius 1 is 1.42 bits per heavy atom. The SMILES string of the molecule is CN=C(NCCSC)N(C)Cc1ccccc1Cl.I. The van der Waals surface area contributed by atoms with Crippen LogP contribution in [0.1, 0.15) is 5.56 Å². The van der Waals surface area contributed by atoms with Gasteiger partial charge in [0.1, 0.15) is 0 Å². The van der Waals surface area contributed by atoms with Crippen LogP contribution in [0.5, 0.6) is 0 Å². The minimum Gasteiger partial charge on any atom is -0.355 e. The van der Waals surface area contributed by atoms with E-state index < -0.39 is 0 Å². The van der Waals surface area contributed by atoms with E-state index in [-0.39, 0.29) is 24.0 Å². The average molecular weight is 414 g/mol. The molecule has 1 aromatic rings. The summed E-state index contributed by atoms with van der Waals surface area (Å²) in [6, 6.07) is 7.89. The fourth-order valence-corrected chi connectivity index (χ4v) is 2.11. The van der Waals surface area contributed by atoms with Crippen LogP contribution in [0.4, 0.5) is 0 Å². The number of halogens is 2. The molecule has 6 heteroatoms. The molecule has 1 aromatic carbocycles. The molecule has 0 heterocycles. The molecule has 0 saturated carbocycles. The number of hydrogen-bond donors (Lipinski definition) is 1. The average Bonchev–Trinajstić information content (AvgIpc) is 2.37. The summed E-state index contributed by atoms with van der Waals surface area (Å²) in [7, 11) is 3.81. The third-order valence-electron chi connectivity index (χ3n) is 2.53. The second kappa shape index (κ2) is 10.6. The van der Waals surface area contributed by atoms with Gasteiger partial charge in [0.05, 0.1) is 0 Å². The van der Waals surface area contributed by atoms with Crippen molar-refractivity contribution in [1.29, 1.82) is 0 Å². The van der Waals surface area contributed by atoms with E-state index in [1.165, 1.54) is 0 Å². The smallest absolute Gasteiger partial charge is 0.193 e. The van der Waals surface area contributed by atoms with Crippen molar-refractivity contribution in [3.8, 4) is 0 Å². The van der Waals surface area contributed by atoms with Crippen LogP contribution in [0.2, 0.25) is 5.02 Å². The van der Waals surface area contributed by atoms with Gasteiger partial charge in [-0.15, -0.1) is 24.0 Å². The highest BCUT2D eigenvalue weighted by atomic mass is 127. The quantitative estimate of drug-likeness (QED) is 0.347. The summed E-state index contributed by atoms with van der Waals surface area (Å²) in [5.74, 6) is 1.96. The lowest BCUT2D eigenvalue weighted by Crippen LogP contribution is -2.39. The fourth-order valence-electron chi connectivity index (χ4n) is 1.61. The molecule has 0 spiro atoms. The topological polar surface area (TPSA) is 27.6 Å². The zero-order chi connectivity index (χ0) is 13.4. The normalized spacial score (nSPS) is 10.8. The van der Waals surface area contributed by atoms with E-state index in [2.05, 4.69) is 21.5 Å². The summed E-state index contributed by atoms with van der Waals surface area (Å²) >= 11 is 7.97. The number of aliphatic imine (C=N–C) groups is 1. The van der Waals surface area contributed by atoms with Crippen molar-refractivity contribution in [2.24, 2.45) is 4.99 Å². The zero-order valence-corrected chi connectivity index (χ0v) is 15.4. The molecule has 0 aromatic heterocycles. The van der Waals surface area contributed by atoms with E-state index in [1.54, 1.807) is 7.05 Å². The molecule has 0 aliphatic rings. The third kappa shape index (κ3) is 6.72. The maximum Gasteiger partial charge on any atom is 0.193 e. The second-order valence-electron chi connectivity index (χ2n) is 3.91. The van der Waals surface area contributed by atoms with Crippen LogP contribution in [0.15, 0.2) is 29.3 Å². The molecular weight excluding hydrogens is 393 g/mol. The number of rotatable bonds is 5. The number of guanidine groups is 1. The molecule has 1 N–H and O–H groups in total. The molecule has 0 unspecified atom stereocenters. The van der Waals surface area contributed by atoms with Gasteiger partial charge in [-0.25, -0.2) is 0 Å². The lowest BCUT2D eigenvalue weighted by atomic mass is 10.2. The maximum atomic E-state index is 6.15. The largest absolute Gasteiger partial charge is 0.355 e. The first kappa shape index (κ1) is 18.9. The highest BCUT2D eigenvalue weighted by Crippen LogP contribution is 2.16. The minimum atomic E-state index is 0. The summed E-state index contributed by atoms with van der Waals surface area (Å²) in [5, 5.41) is 4.12. The molecule has 0 aliphatic carbocycles. The van der Waals surface area contributed by atoms with Crippen LogP contribution in [0, 0.1) is 0 Å². The Kier molecular flexibility index (Phi) is 10.5. The maximum absolute atomic E-state index is 6.15. The number of thioether (sulfide) groups is 1. The standard InChI is InChI=1S/C13H20ClN3S.HI/c1-15-13(16-8-9-18-3)17(2)10-11-6-4-5-7-12(11)14;/h4-7H,8-10H2,1-3H3,(H,15,16);1H. The van der Waals surface area contributed by atoms with Crippen molar-refractivity contribution in [2.45, 2.75) is 6.54 Å². The molecule has 0 bridgehead atoms. The fraction of sp³-hybridized carbons (Fsp3) is 0.462. The summed E-state index contributed by atoms with van der Waals surface area (Å²) in [4.78, 5) is 6.34. The lowest BCUT2D eigenvalue weighted by molar-refractivity contribution is 0.479. The van der Waals surface area contributed by atoms with Gasteiger partial charge in [0, 0.05) is 38.0 Å². The Hall–Kier alpha value is -0.140. The van der Waals surface area contributed by atoms with Gasteiger partial charge in [0.15, 0.2) is 5.96 Å². The molecule has 0 amide bonds. The molecule has 0 radical (unpaired) electrons. The predicted molar refractivity (Wildman–Crippen MR) is 98.1 cm³/mol. The van der Waals surface area contributed by atoms with E-state index in [1.807, 2.05) is 43.1 Å². The lowest BCUT2D eigenvalue weighted by Gasteiger charge is -2.22. The van der Waals surface area contributed by atoms with E-state index >= 15 is 0 Å². The monoisotopic (exact) mass is 413 g/mol. The highest BCUT2D eigenvalue weighted by molar-refractivity contribution is 14.0. The summed E-state index contributed by atoms with van der Waals surface area (Å²) < 4.78 is 0. The van der Waals surface area contributed by atoms with Crippen molar-refractivity contribution in [2.75, 3.05) is 32.6 Å². The number of benzene rings is 1. The van der Waals surface area contributed by atoms with Crippen molar-refractivity contribution >= 4 is 53.3 Å². The molecule has 1 rings (SSSR count). The van der Waals surface area contributed by atoms with Crippen LogP contribution < -0.4 is 5.32 Å². The second-order valence-corrected chi connectivity index (χ2v) is 5.31. The van der Waals surface area contributed by atoms with Crippen LogP contribution in [0.25, 0.3) is 0 Å². The first-order valence-corrected chi connectivity index (χ1v) is 7.60. The Bertz CT molecular complexity index is 401. The van der Waals surface area contributed by atoms with Crippen molar-refractivity contribution in [3.63, 3.8) is 0 Å². The van der Waals surface area contributed by atoms with Gasteiger partial charge in [-0.1, -0.05) is 29.8 Å². The molecule has 0 saturated heterocycles. The van der Waals surface area contributed by atoms with Gasteiger partial charge in [-0.05, 0) is 17.9 Å². The van der Waals surface area contributed by atoms with Gasteiger partial charge in [-0.2, -0.15) is 11.8 Å². The van der Waals surface area contributed by atoms with Crippen molar-refractivity contribution in [3.05, 3.63) is 34.9 Å². The highest BCUT2D eigenvalue weighted by Gasteiger charge is 2.07. The molecule has 0 aliphatic heterocycles. The van der Waals surface area contributed by atoms with Crippen molar-refractivity contribution in [1.82, 2.24) is 10.2 Å². The number of nitrogens with zero attached hydrogens (tertiary/aromatic N) is 2. The minimum absolute atomic E-state index is 0. The van der Waals surface area contributed by atoms with Gasteiger partial charge >= 0.3 is 0 Å². The Balaban J connectivity index is 0.00000324. The molecule has 0 atom stereocenters. The van der Waals surface area contributed by atoms with Gasteiger partial charge in [0.25, 0.3) is 0 Å². The Labute approximate surface area is 142 Å². The molecular formula is C13H21ClIN3S. The number of nitrogens with one attached hydrogen (secondary N) is 1. The molecule has 19 heavy (non-hydrogen) atoms. The summed E-state index contributed by atoms with van der Waals surface area (Å²) in [5.41, 5.74) is 1.11. The molecule has 108 valence electrons. The summed E-state index contributed by atoms with van der Waals surface area (Å²) in [6.07, 6.45) is 2.10. The predicted octanol–water partition coefficient (Wildman–Crippen LogP) is 3.33. The van der Waals surface area contributed by atoms with Crippen LogP contribution in [0.3, 0.4) is 0 Å². The zero-order valence-electron chi connectivity index (χ0n) is 11.5. The van der Waals surface area contributed by atoms with Crippen LogP contribution in [-0.2, 0) is 6.54 Å². The molecule has 0 fully saturated rings. The van der Waals surface area contributed by atoms with Crippen LogP contribution >= 0.6 is 47.3 Å². The Morgan fingerprint density at radius 3 is 2.68 bits per heavy atom. The van der Waals surface area contributed by atoms with Gasteiger partial charge < -0.3 is 10.2 Å². The van der Waals surface area contributed by atoms with E-state index in [0.29, 0.717) is 0 Å². The van der Waals surface area contributed by atoms with Gasteiger partial charge in [-0.3, -0.25) is 4.99 Å². The van der Waals surface area contributed by atoms with E-state index in [9.17, 15) is 0 Å². The van der Waals surface area contributed by atoms with E-state index in [0.717, 1.165) is 35.4 Å². The first-order valence-electron chi connectivity index (χ1n) is 5.83.